The van der Waals surface area contributed by atoms with Crippen molar-refractivity contribution in [2.24, 2.45) is 0 Å². The summed E-state index contributed by atoms with van der Waals surface area (Å²) in [6, 6.07) is 2.03. The van der Waals surface area contributed by atoms with Crippen molar-refractivity contribution in [1.82, 2.24) is 20.6 Å². The topological polar surface area (TPSA) is 81.8 Å². The van der Waals surface area contributed by atoms with Gasteiger partial charge in [0.1, 0.15) is 0 Å². The molecule has 3 N–H and O–H groups in total. The third-order valence-corrected chi connectivity index (χ3v) is 1.35. The molecule has 0 aliphatic carbocycles. The van der Waals surface area contributed by atoms with Crippen LogP contribution in [-0.2, 0) is 0 Å². The van der Waals surface area contributed by atoms with Crippen molar-refractivity contribution in [3.05, 3.63) is 43.0 Å². The lowest BCUT2D eigenvalue weighted by atomic mass is 10.5. The van der Waals surface area contributed by atoms with Gasteiger partial charge in [0.2, 0.25) is 0 Å². The molecule has 0 bridgehead atoms. The molecule has 0 radical (unpaired) electrons. The molecule has 14 heavy (non-hydrogen) atoms. The minimum atomic E-state index is 0. The van der Waals surface area contributed by atoms with Gasteiger partial charge in [-0.1, -0.05) is 0 Å². The fourth-order valence-corrected chi connectivity index (χ4v) is 0.820. The van der Waals surface area contributed by atoms with Crippen LogP contribution in [0.5, 0.6) is 6.01 Å². The summed E-state index contributed by atoms with van der Waals surface area (Å²) < 4.78 is 0. The number of hydrazine groups is 1. The number of rotatable bonds is 2. The smallest absolute Gasteiger partial charge is 0.345 e. The highest BCUT2D eigenvalue weighted by molar-refractivity contribution is 5.04. The van der Waals surface area contributed by atoms with E-state index in [-0.39, 0.29) is 5.48 Å². The van der Waals surface area contributed by atoms with Gasteiger partial charge in [0, 0.05) is 18.6 Å². The van der Waals surface area contributed by atoms with Crippen LogP contribution in [0, 0.1) is 0 Å². The maximum absolute atomic E-state index is 5.22. The Balaban J connectivity index is 0.000000980. The van der Waals surface area contributed by atoms with Crippen LogP contribution in [0.1, 0.15) is 0 Å². The van der Waals surface area contributed by atoms with Crippen LogP contribution in [0.2, 0.25) is 0 Å². The summed E-state index contributed by atoms with van der Waals surface area (Å²) in [6.45, 7) is 0. The lowest BCUT2D eigenvalue weighted by molar-refractivity contribution is -0.0522. The molecule has 2 rings (SSSR count). The molecule has 6 nitrogen and oxygen atoms in total. The SMILES string of the molecule is C1=CNN(Oc2ncccn2)C=C1.O. The normalized spacial score (nSPS) is 13.0. The number of allylic oxidation sites excluding steroid dienone is 2. The summed E-state index contributed by atoms with van der Waals surface area (Å²) in [4.78, 5) is 13.0. The predicted octanol–water partition coefficient (Wildman–Crippen LogP) is -0.207. The van der Waals surface area contributed by atoms with E-state index in [0.717, 1.165) is 0 Å². The highest BCUT2D eigenvalue weighted by Crippen LogP contribution is 2.01. The zero-order valence-corrected chi connectivity index (χ0v) is 7.29. The van der Waals surface area contributed by atoms with Gasteiger partial charge in [-0.15, -0.1) is 5.17 Å². The van der Waals surface area contributed by atoms with Crippen LogP contribution in [0.4, 0.5) is 0 Å². The van der Waals surface area contributed by atoms with Crippen LogP contribution in [0.25, 0.3) is 0 Å². The lowest BCUT2D eigenvalue weighted by Crippen LogP contribution is -2.34. The first-order valence-corrected chi connectivity index (χ1v) is 3.79. The van der Waals surface area contributed by atoms with Gasteiger partial charge in [-0.05, 0) is 18.2 Å². The van der Waals surface area contributed by atoms with Gasteiger partial charge in [0.25, 0.3) is 0 Å². The first kappa shape index (κ1) is 10.0. The van der Waals surface area contributed by atoms with E-state index in [9.17, 15) is 0 Å². The number of hydrogen-bond donors (Lipinski definition) is 1. The number of nitrogens with one attached hydrogen (secondary N) is 1. The number of aromatic nitrogens is 2. The summed E-state index contributed by atoms with van der Waals surface area (Å²) >= 11 is 0. The zero-order valence-electron chi connectivity index (χ0n) is 7.29. The molecule has 1 aromatic heterocycles. The largest absolute Gasteiger partial charge is 0.412 e. The first-order valence-electron chi connectivity index (χ1n) is 3.79. The van der Waals surface area contributed by atoms with Gasteiger partial charge in [0.05, 0.1) is 6.20 Å². The summed E-state index contributed by atoms with van der Waals surface area (Å²) in [5.74, 6) is 0. The van der Waals surface area contributed by atoms with Crippen molar-refractivity contribution in [2.75, 3.05) is 0 Å². The molecule has 0 fully saturated rings. The highest BCUT2D eigenvalue weighted by Gasteiger charge is 2.02. The fraction of sp³-hybridized carbons (Fsp3) is 0. The first-order chi connectivity index (χ1) is 6.45. The monoisotopic (exact) mass is 194 g/mol. The molecule has 0 saturated heterocycles. The number of nitrogens with zero attached hydrogens (tertiary/aromatic N) is 3. The van der Waals surface area contributed by atoms with Gasteiger partial charge >= 0.3 is 6.01 Å². The van der Waals surface area contributed by atoms with E-state index in [1.165, 1.54) is 5.17 Å². The molecular formula is C8H10N4O2. The van der Waals surface area contributed by atoms with Gasteiger partial charge < -0.3 is 10.3 Å². The minimum absolute atomic E-state index is 0. The zero-order chi connectivity index (χ0) is 8.93. The van der Waals surface area contributed by atoms with E-state index >= 15 is 0 Å². The second-order valence-electron chi connectivity index (χ2n) is 2.28. The maximum Gasteiger partial charge on any atom is 0.345 e. The van der Waals surface area contributed by atoms with E-state index < -0.39 is 0 Å². The fourth-order valence-electron chi connectivity index (χ4n) is 0.820. The standard InChI is InChI=1S/C8H8N4O.H2O/c1-2-7-12(11-6-1)13-8-9-4-3-5-10-8;/h1-7,11H;1H2. The third-order valence-electron chi connectivity index (χ3n) is 1.35. The molecule has 0 atom stereocenters. The van der Waals surface area contributed by atoms with E-state index in [2.05, 4.69) is 15.4 Å². The summed E-state index contributed by atoms with van der Waals surface area (Å²) in [5, 5.41) is 1.41. The van der Waals surface area contributed by atoms with E-state index in [1.807, 2.05) is 12.2 Å². The van der Waals surface area contributed by atoms with Gasteiger partial charge in [-0.2, -0.15) is 0 Å². The molecule has 0 amide bonds. The summed E-state index contributed by atoms with van der Waals surface area (Å²) in [5.41, 5.74) is 2.83. The molecule has 0 spiro atoms. The molecule has 0 saturated carbocycles. The summed E-state index contributed by atoms with van der Waals surface area (Å²) in [7, 11) is 0. The predicted molar refractivity (Wildman–Crippen MR) is 49.5 cm³/mol. The Morgan fingerprint density at radius 2 is 2.00 bits per heavy atom. The minimum Gasteiger partial charge on any atom is -0.412 e. The second kappa shape index (κ2) is 4.83. The molecule has 0 unspecified atom stereocenters. The number of hydrogen-bond acceptors (Lipinski definition) is 5. The molecule has 2 heterocycles. The van der Waals surface area contributed by atoms with Crippen LogP contribution < -0.4 is 10.3 Å². The van der Waals surface area contributed by atoms with Gasteiger partial charge in [0.15, 0.2) is 0 Å². The van der Waals surface area contributed by atoms with E-state index in [4.69, 9.17) is 4.84 Å². The Morgan fingerprint density at radius 3 is 2.64 bits per heavy atom. The maximum atomic E-state index is 5.22. The molecular weight excluding hydrogens is 184 g/mol. The quantitative estimate of drug-likeness (QED) is 0.704. The Hall–Kier alpha value is -2.08. The van der Waals surface area contributed by atoms with Crippen molar-refractivity contribution in [3.8, 4) is 6.01 Å². The Morgan fingerprint density at radius 1 is 1.21 bits per heavy atom. The van der Waals surface area contributed by atoms with Crippen LogP contribution >= 0.6 is 0 Å². The molecule has 1 aromatic rings. The second-order valence-corrected chi connectivity index (χ2v) is 2.28. The Labute approximate surface area is 80.8 Å². The van der Waals surface area contributed by atoms with Crippen molar-refractivity contribution >= 4 is 0 Å². The molecule has 74 valence electrons. The average molecular weight is 194 g/mol. The van der Waals surface area contributed by atoms with Gasteiger partial charge in [-0.3, -0.25) is 5.43 Å². The lowest BCUT2D eigenvalue weighted by Gasteiger charge is -2.19. The van der Waals surface area contributed by atoms with Crippen LogP contribution in [-0.4, -0.2) is 20.6 Å². The van der Waals surface area contributed by atoms with E-state index in [1.54, 1.807) is 30.9 Å². The van der Waals surface area contributed by atoms with Crippen molar-refractivity contribution in [2.45, 2.75) is 0 Å². The van der Waals surface area contributed by atoms with E-state index in [0.29, 0.717) is 6.01 Å². The summed E-state index contributed by atoms with van der Waals surface area (Å²) in [6.07, 6.45) is 10.4. The Bertz CT molecular complexity index is 325. The third kappa shape index (κ3) is 2.46. The average Bonchev–Trinajstić information content (AvgIpc) is 2.21. The molecule has 1 aliphatic heterocycles. The number of hydroxylamine groups is 1. The van der Waals surface area contributed by atoms with Crippen LogP contribution in [0.15, 0.2) is 43.0 Å². The molecule has 6 heteroatoms. The van der Waals surface area contributed by atoms with Crippen LogP contribution in [0.3, 0.4) is 0 Å². The van der Waals surface area contributed by atoms with Crippen molar-refractivity contribution in [3.63, 3.8) is 0 Å². The highest BCUT2D eigenvalue weighted by atomic mass is 16.7. The molecule has 0 aromatic carbocycles. The van der Waals surface area contributed by atoms with Crippen molar-refractivity contribution < 1.29 is 10.3 Å². The Kier molecular flexibility index (Phi) is 3.45. The van der Waals surface area contributed by atoms with Crippen molar-refractivity contribution in [1.29, 1.82) is 0 Å². The molecule has 1 aliphatic rings. The van der Waals surface area contributed by atoms with Gasteiger partial charge in [-0.25, -0.2) is 9.97 Å².